The predicted molar refractivity (Wildman–Crippen MR) is 123 cm³/mol. The second-order valence-electron chi connectivity index (χ2n) is 9.38. The number of fused-ring (bicyclic) bond motifs is 6. The molecule has 5 nitrogen and oxygen atoms in total. The molecule has 6 heteroatoms. The fourth-order valence-electron chi connectivity index (χ4n) is 6.29. The van der Waals surface area contributed by atoms with Crippen LogP contribution < -0.4 is 4.74 Å². The molecule has 0 saturated heterocycles. The number of aliphatic hydroxyl groups is 1. The number of Topliss-reactive ketones (excluding diaryl/α,β-unsaturated/α-hetero) is 1. The first-order valence-electron chi connectivity index (χ1n) is 11.1. The molecule has 0 amide bonds. The van der Waals surface area contributed by atoms with Crippen LogP contribution in [0, 0.1) is 37.5 Å². The third kappa shape index (κ3) is 2.87. The molecule has 4 atom stereocenters. The van der Waals surface area contributed by atoms with Crippen molar-refractivity contribution in [3.8, 4) is 11.6 Å². The standard InChI is InChI=1S/C26H23ClN2O3/c1-12-7-17(32-20-11-28-19-10-16(27)5-6-18(19)29-20)8-13(2)21(12)24-25(30)22-14-3-4-15(9-14)23(22)26(24)31/h5-8,10-11,14-15,22-23,30H,3-4,9H2,1-2H3/t14-,15+,22+,23-/m1/s1. The van der Waals surface area contributed by atoms with E-state index in [9.17, 15) is 9.90 Å². The number of aliphatic hydroxyl groups excluding tert-OH is 1. The first-order valence-corrected chi connectivity index (χ1v) is 11.5. The highest BCUT2D eigenvalue weighted by Crippen LogP contribution is 2.60. The van der Waals surface area contributed by atoms with Crippen LogP contribution in [0.15, 0.2) is 42.3 Å². The van der Waals surface area contributed by atoms with Crippen molar-refractivity contribution in [3.05, 3.63) is 64.0 Å². The summed E-state index contributed by atoms with van der Waals surface area (Å²) in [6.07, 6.45) is 4.90. The second-order valence-corrected chi connectivity index (χ2v) is 9.82. The van der Waals surface area contributed by atoms with E-state index in [0.29, 0.717) is 50.9 Å². The van der Waals surface area contributed by atoms with Gasteiger partial charge < -0.3 is 9.84 Å². The first kappa shape index (κ1) is 19.7. The maximum Gasteiger partial charge on any atom is 0.238 e. The molecule has 3 aromatic rings. The van der Waals surface area contributed by atoms with Crippen LogP contribution in [0.1, 0.15) is 36.0 Å². The van der Waals surface area contributed by atoms with Crippen molar-refractivity contribution in [3.63, 3.8) is 0 Å². The number of rotatable bonds is 3. The topological polar surface area (TPSA) is 72.3 Å². The van der Waals surface area contributed by atoms with Crippen LogP contribution in [-0.2, 0) is 4.79 Å². The smallest absolute Gasteiger partial charge is 0.238 e. The van der Waals surface area contributed by atoms with Gasteiger partial charge in [-0.25, -0.2) is 9.97 Å². The number of nitrogens with zero attached hydrogens (tertiary/aromatic N) is 2. The van der Waals surface area contributed by atoms with Gasteiger partial charge in [0.2, 0.25) is 5.88 Å². The molecule has 3 aliphatic carbocycles. The highest BCUT2D eigenvalue weighted by atomic mass is 35.5. The maximum atomic E-state index is 13.3. The number of hydrogen-bond acceptors (Lipinski definition) is 5. The Morgan fingerprint density at radius 1 is 1.03 bits per heavy atom. The van der Waals surface area contributed by atoms with E-state index in [2.05, 4.69) is 9.97 Å². The van der Waals surface area contributed by atoms with Gasteiger partial charge in [-0.1, -0.05) is 11.6 Å². The van der Waals surface area contributed by atoms with Gasteiger partial charge in [0.1, 0.15) is 11.5 Å². The second kappa shape index (κ2) is 7.04. The Bertz CT molecular complexity index is 1310. The molecule has 1 N–H and O–H groups in total. The molecule has 2 aromatic carbocycles. The van der Waals surface area contributed by atoms with Gasteiger partial charge in [-0.05, 0) is 92.0 Å². The number of hydrogen-bond donors (Lipinski definition) is 1. The molecule has 1 heterocycles. The van der Waals surface area contributed by atoms with E-state index in [0.717, 1.165) is 36.0 Å². The van der Waals surface area contributed by atoms with Crippen LogP contribution in [0.5, 0.6) is 11.6 Å². The number of halogens is 1. The Labute approximate surface area is 191 Å². The summed E-state index contributed by atoms with van der Waals surface area (Å²) in [5.74, 6) is 2.32. The molecule has 3 aliphatic rings. The molecular formula is C26H23ClN2O3. The van der Waals surface area contributed by atoms with Gasteiger partial charge in [-0.3, -0.25) is 4.79 Å². The molecule has 0 aliphatic heterocycles. The summed E-state index contributed by atoms with van der Waals surface area (Å²) in [5, 5.41) is 11.7. The van der Waals surface area contributed by atoms with Gasteiger partial charge >= 0.3 is 0 Å². The lowest BCUT2D eigenvalue weighted by Gasteiger charge is -2.23. The Morgan fingerprint density at radius 3 is 2.47 bits per heavy atom. The van der Waals surface area contributed by atoms with E-state index in [1.807, 2.05) is 32.0 Å². The third-order valence-corrected chi connectivity index (χ3v) is 7.73. The Balaban J connectivity index is 1.34. The highest BCUT2D eigenvalue weighted by molar-refractivity contribution is 6.31. The monoisotopic (exact) mass is 446 g/mol. The SMILES string of the molecule is Cc1cc(Oc2cnc3cc(Cl)ccc3n2)cc(C)c1C1=C(O)[C@H]2[C@@H]3CC[C@@H](C3)[C@H]2C1=O. The minimum absolute atomic E-state index is 0.0207. The van der Waals surface area contributed by atoms with Crippen molar-refractivity contribution < 1.29 is 14.6 Å². The average Bonchev–Trinajstić information content (AvgIpc) is 3.43. The van der Waals surface area contributed by atoms with Crippen molar-refractivity contribution in [2.75, 3.05) is 0 Å². The van der Waals surface area contributed by atoms with E-state index in [4.69, 9.17) is 16.3 Å². The number of aromatic nitrogens is 2. The third-order valence-electron chi connectivity index (χ3n) is 7.50. The van der Waals surface area contributed by atoms with Crippen molar-refractivity contribution in [1.82, 2.24) is 9.97 Å². The van der Waals surface area contributed by atoms with Crippen molar-refractivity contribution >= 4 is 34.0 Å². The van der Waals surface area contributed by atoms with Crippen LogP contribution >= 0.6 is 11.6 Å². The van der Waals surface area contributed by atoms with Gasteiger partial charge in [0.05, 0.1) is 22.8 Å². The number of aryl methyl sites for hydroxylation is 2. The zero-order chi connectivity index (χ0) is 22.1. The summed E-state index contributed by atoms with van der Waals surface area (Å²) in [6.45, 7) is 3.92. The van der Waals surface area contributed by atoms with Gasteiger partial charge in [-0.2, -0.15) is 0 Å². The first-order chi connectivity index (χ1) is 15.4. The minimum Gasteiger partial charge on any atom is -0.511 e. The Kier molecular flexibility index (Phi) is 4.34. The van der Waals surface area contributed by atoms with Crippen molar-refractivity contribution in [1.29, 1.82) is 0 Å². The molecule has 32 heavy (non-hydrogen) atoms. The van der Waals surface area contributed by atoms with Crippen LogP contribution in [0.3, 0.4) is 0 Å². The predicted octanol–water partition coefficient (Wildman–Crippen LogP) is 6.21. The van der Waals surface area contributed by atoms with Gasteiger partial charge in [-0.15, -0.1) is 0 Å². The molecule has 6 rings (SSSR count). The lowest BCUT2D eigenvalue weighted by atomic mass is 9.80. The van der Waals surface area contributed by atoms with Gasteiger partial charge in [0, 0.05) is 16.9 Å². The van der Waals surface area contributed by atoms with E-state index in [1.54, 1.807) is 18.3 Å². The molecule has 1 aromatic heterocycles. The Morgan fingerprint density at radius 2 is 1.75 bits per heavy atom. The highest BCUT2D eigenvalue weighted by Gasteiger charge is 2.57. The zero-order valence-electron chi connectivity index (χ0n) is 17.9. The zero-order valence-corrected chi connectivity index (χ0v) is 18.7. The summed E-state index contributed by atoms with van der Waals surface area (Å²) in [6, 6.07) is 9.13. The van der Waals surface area contributed by atoms with Crippen LogP contribution in [-0.4, -0.2) is 20.9 Å². The molecule has 2 bridgehead atoms. The normalized spacial score (nSPS) is 26.3. The van der Waals surface area contributed by atoms with Gasteiger partial charge in [0.25, 0.3) is 0 Å². The number of carbonyl (C=O) groups excluding carboxylic acids is 1. The number of ether oxygens (including phenoxy) is 1. The van der Waals surface area contributed by atoms with E-state index >= 15 is 0 Å². The summed E-state index contributed by atoms with van der Waals surface area (Å²) >= 11 is 6.02. The number of ketones is 1. The summed E-state index contributed by atoms with van der Waals surface area (Å²) in [4.78, 5) is 22.2. The molecule has 0 unspecified atom stereocenters. The molecule has 2 saturated carbocycles. The Hall–Kier alpha value is -2.92. The summed E-state index contributed by atoms with van der Waals surface area (Å²) in [7, 11) is 0. The fraction of sp³-hybridized carbons (Fsp3) is 0.346. The molecule has 0 spiro atoms. The largest absolute Gasteiger partial charge is 0.511 e. The van der Waals surface area contributed by atoms with Crippen LogP contribution in [0.25, 0.3) is 16.6 Å². The van der Waals surface area contributed by atoms with Crippen LogP contribution in [0.4, 0.5) is 0 Å². The minimum atomic E-state index is -0.0279. The average molecular weight is 447 g/mol. The molecule has 0 radical (unpaired) electrons. The molecular weight excluding hydrogens is 424 g/mol. The maximum absolute atomic E-state index is 13.3. The van der Waals surface area contributed by atoms with Crippen molar-refractivity contribution in [2.24, 2.45) is 23.7 Å². The number of carbonyl (C=O) groups is 1. The van der Waals surface area contributed by atoms with Crippen LogP contribution in [0.2, 0.25) is 5.02 Å². The van der Waals surface area contributed by atoms with E-state index in [-0.39, 0.29) is 17.6 Å². The fourth-order valence-corrected chi connectivity index (χ4v) is 6.45. The molecule has 2 fully saturated rings. The van der Waals surface area contributed by atoms with E-state index in [1.165, 1.54) is 0 Å². The van der Waals surface area contributed by atoms with Crippen molar-refractivity contribution in [2.45, 2.75) is 33.1 Å². The summed E-state index contributed by atoms with van der Waals surface area (Å²) in [5.41, 5.74) is 4.58. The van der Waals surface area contributed by atoms with Gasteiger partial charge in [0.15, 0.2) is 5.78 Å². The van der Waals surface area contributed by atoms with E-state index < -0.39 is 0 Å². The number of benzene rings is 2. The number of allylic oxidation sites excluding steroid dienone is 2. The molecule has 162 valence electrons. The summed E-state index contributed by atoms with van der Waals surface area (Å²) < 4.78 is 6.00. The lowest BCUT2D eigenvalue weighted by molar-refractivity contribution is -0.118. The quantitative estimate of drug-likeness (QED) is 0.518. The lowest BCUT2D eigenvalue weighted by Crippen LogP contribution is -2.24.